The van der Waals surface area contributed by atoms with Crippen LogP contribution in [0, 0.1) is 0 Å². The van der Waals surface area contributed by atoms with E-state index in [-0.39, 0.29) is 0 Å². The highest BCUT2D eigenvalue weighted by Crippen LogP contribution is 2.07. The SMILES string of the molecule is c1nncn1N=C1CCCCO1. The van der Waals surface area contributed by atoms with Gasteiger partial charge in [-0.1, -0.05) is 0 Å². The van der Waals surface area contributed by atoms with E-state index < -0.39 is 0 Å². The van der Waals surface area contributed by atoms with Crippen LogP contribution in [0.2, 0.25) is 0 Å². The average molecular weight is 166 g/mol. The van der Waals surface area contributed by atoms with Gasteiger partial charge in [0.1, 0.15) is 12.7 Å². The molecule has 2 heterocycles. The van der Waals surface area contributed by atoms with E-state index in [1.165, 1.54) is 0 Å². The Bertz CT molecular complexity index is 259. The van der Waals surface area contributed by atoms with E-state index in [1.54, 1.807) is 17.3 Å². The summed E-state index contributed by atoms with van der Waals surface area (Å²) in [5, 5.41) is 11.4. The summed E-state index contributed by atoms with van der Waals surface area (Å²) in [6.45, 7) is 0.779. The first-order valence-corrected chi connectivity index (χ1v) is 4.00. The number of hydrogen-bond donors (Lipinski definition) is 0. The maximum Gasteiger partial charge on any atom is 0.206 e. The minimum atomic E-state index is 0.779. The van der Waals surface area contributed by atoms with Crippen LogP contribution in [-0.4, -0.2) is 27.4 Å². The minimum absolute atomic E-state index is 0.779. The average Bonchev–Trinajstić information content (AvgIpc) is 2.59. The van der Waals surface area contributed by atoms with Gasteiger partial charge in [-0.05, 0) is 12.8 Å². The van der Waals surface area contributed by atoms with Crippen LogP contribution < -0.4 is 0 Å². The molecule has 12 heavy (non-hydrogen) atoms. The lowest BCUT2D eigenvalue weighted by Crippen LogP contribution is -2.13. The lowest BCUT2D eigenvalue weighted by molar-refractivity contribution is 0.257. The second-order valence-electron chi connectivity index (χ2n) is 2.64. The molecule has 64 valence electrons. The van der Waals surface area contributed by atoms with E-state index in [1.807, 2.05) is 0 Å². The van der Waals surface area contributed by atoms with Crippen molar-refractivity contribution in [1.82, 2.24) is 14.9 Å². The Morgan fingerprint density at radius 1 is 1.33 bits per heavy atom. The third-order valence-corrected chi connectivity index (χ3v) is 1.69. The monoisotopic (exact) mass is 166 g/mol. The molecule has 2 rings (SSSR count). The highest BCUT2D eigenvalue weighted by molar-refractivity contribution is 5.76. The van der Waals surface area contributed by atoms with Crippen LogP contribution in [0.5, 0.6) is 0 Å². The summed E-state index contributed by atoms with van der Waals surface area (Å²) in [6, 6.07) is 0. The van der Waals surface area contributed by atoms with Crippen molar-refractivity contribution in [1.29, 1.82) is 0 Å². The lowest BCUT2D eigenvalue weighted by atomic mass is 10.2. The molecule has 1 aromatic rings. The summed E-state index contributed by atoms with van der Waals surface area (Å²) in [6.07, 6.45) is 6.29. The van der Waals surface area contributed by atoms with Crippen LogP contribution in [-0.2, 0) is 4.74 Å². The zero-order valence-corrected chi connectivity index (χ0v) is 6.68. The Kier molecular flexibility index (Phi) is 2.02. The topological polar surface area (TPSA) is 52.3 Å². The van der Waals surface area contributed by atoms with Crippen molar-refractivity contribution in [2.75, 3.05) is 6.61 Å². The molecule has 1 saturated heterocycles. The fraction of sp³-hybridized carbons (Fsp3) is 0.571. The van der Waals surface area contributed by atoms with E-state index in [4.69, 9.17) is 4.74 Å². The Morgan fingerprint density at radius 3 is 2.83 bits per heavy atom. The molecule has 0 atom stereocenters. The third kappa shape index (κ3) is 1.61. The molecule has 0 aliphatic carbocycles. The quantitative estimate of drug-likeness (QED) is 0.615. The van der Waals surface area contributed by atoms with Gasteiger partial charge in [-0.25, -0.2) is 4.68 Å². The zero-order chi connectivity index (χ0) is 8.23. The van der Waals surface area contributed by atoms with Crippen molar-refractivity contribution >= 4 is 5.90 Å². The highest BCUT2D eigenvalue weighted by Gasteiger charge is 2.07. The molecule has 1 aliphatic heterocycles. The first-order chi connectivity index (χ1) is 5.95. The summed E-state index contributed by atoms with van der Waals surface area (Å²) < 4.78 is 6.88. The lowest BCUT2D eigenvalue weighted by Gasteiger charge is -2.13. The molecule has 0 N–H and O–H groups in total. The summed E-state index contributed by atoms with van der Waals surface area (Å²) >= 11 is 0. The molecule has 0 aromatic carbocycles. The van der Waals surface area contributed by atoms with Crippen molar-refractivity contribution in [3.8, 4) is 0 Å². The van der Waals surface area contributed by atoms with Gasteiger partial charge in [-0.2, -0.15) is 0 Å². The first-order valence-electron chi connectivity index (χ1n) is 4.00. The molecule has 0 bridgehead atoms. The predicted molar refractivity (Wildman–Crippen MR) is 42.7 cm³/mol. The summed E-state index contributed by atoms with van der Waals surface area (Å²) in [5.74, 6) is 0.779. The fourth-order valence-electron chi connectivity index (χ4n) is 1.09. The Labute approximate surface area is 70.1 Å². The van der Waals surface area contributed by atoms with Gasteiger partial charge in [0.25, 0.3) is 0 Å². The molecule has 0 radical (unpaired) electrons. The fourth-order valence-corrected chi connectivity index (χ4v) is 1.09. The van der Waals surface area contributed by atoms with Crippen LogP contribution in [0.25, 0.3) is 0 Å². The van der Waals surface area contributed by atoms with E-state index >= 15 is 0 Å². The molecule has 5 heteroatoms. The van der Waals surface area contributed by atoms with Gasteiger partial charge in [0.05, 0.1) is 6.61 Å². The van der Waals surface area contributed by atoms with Crippen LogP contribution in [0.4, 0.5) is 0 Å². The van der Waals surface area contributed by atoms with E-state index in [0.717, 1.165) is 31.8 Å². The Morgan fingerprint density at radius 2 is 2.17 bits per heavy atom. The molecule has 0 amide bonds. The maximum atomic E-state index is 5.32. The van der Waals surface area contributed by atoms with Crippen molar-refractivity contribution < 1.29 is 4.74 Å². The minimum Gasteiger partial charge on any atom is -0.480 e. The van der Waals surface area contributed by atoms with Gasteiger partial charge in [0, 0.05) is 6.42 Å². The largest absolute Gasteiger partial charge is 0.480 e. The molecule has 5 nitrogen and oxygen atoms in total. The summed E-state index contributed by atoms with van der Waals surface area (Å²) in [7, 11) is 0. The van der Waals surface area contributed by atoms with E-state index in [2.05, 4.69) is 15.3 Å². The molecule has 1 aromatic heterocycles. The van der Waals surface area contributed by atoms with Crippen molar-refractivity contribution in [2.24, 2.45) is 5.10 Å². The number of rotatable bonds is 1. The van der Waals surface area contributed by atoms with Crippen molar-refractivity contribution in [3.63, 3.8) is 0 Å². The molecular formula is C7H10N4O. The van der Waals surface area contributed by atoms with Gasteiger partial charge in [-0.15, -0.1) is 15.3 Å². The molecule has 1 aliphatic rings. The predicted octanol–water partition coefficient (Wildman–Crippen LogP) is 0.640. The van der Waals surface area contributed by atoms with Gasteiger partial charge < -0.3 is 4.74 Å². The molecule has 0 unspecified atom stereocenters. The van der Waals surface area contributed by atoms with E-state index in [0.29, 0.717) is 0 Å². The number of hydrogen-bond acceptors (Lipinski definition) is 4. The van der Waals surface area contributed by atoms with Gasteiger partial charge >= 0.3 is 0 Å². The Balaban J connectivity index is 2.07. The number of nitrogens with zero attached hydrogens (tertiary/aromatic N) is 4. The van der Waals surface area contributed by atoms with Gasteiger partial charge in [0.2, 0.25) is 5.90 Å². The second kappa shape index (κ2) is 3.34. The second-order valence-corrected chi connectivity index (χ2v) is 2.64. The van der Waals surface area contributed by atoms with Gasteiger partial charge in [0.15, 0.2) is 0 Å². The molecule has 0 saturated carbocycles. The van der Waals surface area contributed by atoms with E-state index in [9.17, 15) is 0 Å². The van der Waals surface area contributed by atoms with Crippen LogP contribution in [0.3, 0.4) is 0 Å². The van der Waals surface area contributed by atoms with Crippen LogP contribution in [0.1, 0.15) is 19.3 Å². The maximum absolute atomic E-state index is 5.32. The number of aromatic nitrogens is 3. The summed E-state index contributed by atoms with van der Waals surface area (Å²) in [5.41, 5.74) is 0. The number of ether oxygens (including phenoxy) is 1. The molecule has 1 fully saturated rings. The third-order valence-electron chi connectivity index (χ3n) is 1.69. The van der Waals surface area contributed by atoms with Crippen molar-refractivity contribution in [2.45, 2.75) is 19.3 Å². The normalized spacial score (nSPS) is 20.8. The smallest absolute Gasteiger partial charge is 0.206 e. The standard InChI is InChI=1S/C7H10N4O/c1-2-4-12-7(3-1)10-11-5-8-9-6-11/h5-6H,1-4H2. The zero-order valence-electron chi connectivity index (χ0n) is 6.68. The van der Waals surface area contributed by atoms with Gasteiger partial charge in [-0.3, -0.25) is 0 Å². The Hall–Kier alpha value is -1.39. The summed E-state index contributed by atoms with van der Waals surface area (Å²) in [4.78, 5) is 0. The molecular weight excluding hydrogens is 156 g/mol. The first kappa shape index (κ1) is 7.27. The van der Waals surface area contributed by atoms with Crippen LogP contribution >= 0.6 is 0 Å². The van der Waals surface area contributed by atoms with Crippen molar-refractivity contribution in [3.05, 3.63) is 12.7 Å². The van der Waals surface area contributed by atoms with Crippen LogP contribution in [0.15, 0.2) is 17.8 Å². The highest BCUT2D eigenvalue weighted by atomic mass is 16.5. The molecule has 0 spiro atoms.